The van der Waals surface area contributed by atoms with Gasteiger partial charge in [0.15, 0.2) is 0 Å². The van der Waals surface area contributed by atoms with Crippen LogP contribution in [0.15, 0.2) is 28.4 Å². The molecule has 3 aromatic heterocycles. The van der Waals surface area contributed by atoms with Gasteiger partial charge in [-0.05, 0) is 24.8 Å². The Balaban J connectivity index is 1.43. The van der Waals surface area contributed by atoms with Gasteiger partial charge in [0.1, 0.15) is 12.2 Å². The van der Waals surface area contributed by atoms with E-state index in [2.05, 4.69) is 25.5 Å². The third-order valence-electron chi connectivity index (χ3n) is 3.84. The normalized spacial score (nSPS) is 19.0. The molecule has 8 heteroatoms. The Hall–Kier alpha value is -2.06. The van der Waals surface area contributed by atoms with Crippen LogP contribution < -0.4 is 5.32 Å². The number of rotatable bonds is 4. The predicted molar refractivity (Wildman–Crippen MR) is 81.3 cm³/mol. The molecule has 0 saturated heterocycles. The van der Waals surface area contributed by atoms with Crippen molar-refractivity contribution in [2.45, 2.75) is 38.4 Å². The van der Waals surface area contributed by atoms with Crippen LogP contribution in [0.25, 0.3) is 10.7 Å². The minimum Gasteiger partial charge on any atom is -0.337 e. The molecule has 1 N–H and O–H groups in total. The lowest BCUT2D eigenvalue weighted by atomic mass is 10.1. The van der Waals surface area contributed by atoms with Gasteiger partial charge in [0.2, 0.25) is 11.7 Å². The van der Waals surface area contributed by atoms with E-state index < -0.39 is 0 Å². The van der Waals surface area contributed by atoms with Crippen LogP contribution in [-0.2, 0) is 13.0 Å². The molecule has 7 nitrogen and oxygen atoms in total. The van der Waals surface area contributed by atoms with E-state index in [9.17, 15) is 0 Å². The molecule has 0 aromatic carbocycles. The SMILES string of the molecule is C[C@H](N[C@H]1CCc2ncnn2C1)c1nc(-c2cccs2)no1. The maximum Gasteiger partial charge on any atom is 0.243 e. The van der Waals surface area contributed by atoms with Gasteiger partial charge in [-0.25, -0.2) is 9.67 Å². The summed E-state index contributed by atoms with van der Waals surface area (Å²) in [6, 6.07) is 4.32. The zero-order valence-corrected chi connectivity index (χ0v) is 13.0. The largest absolute Gasteiger partial charge is 0.337 e. The van der Waals surface area contributed by atoms with E-state index in [4.69, 9.17) is 4.52 Å². The van der Waals surface area contributed by atoms with E-state index in [1.807, 2.05) is 29.1 Å². The standard InChI is InChI=1S/C14H16N6OS/c1-9(14-18-13(19-21-14)11-3-2-6-22-11)17-10-4-5-12-15-8-16-20(12)7-10/h2-3,6,8-10,17H,4-5,7H2,1H3/t9-,10-/m0/s1. The van der Waals surface area contributed by atoms with Gasteiger partial charge >= 0.3 is 0 Å². The number of fused-ring (bicyclic) bond motifs is 1. The van der Waals surface area contributed by atoms with Crippen molar-refractivity contribution in [2.75, 3.05) is 0 Å². The molecule has 1 aliphatic rings. The highest BCUT2D eigenvalue weighted by atomic mass is 32.1. The second-order valence-electron chi connectivity index (χ2n) is 5.42. The van der Waals surface area contributed by atoms with Crippen molar-refractivity contribution in [3.63, 3.8) is 0 Å². The van der Waals surface area contributed by atoms with E-state index in [-0.39, 0.29) is 6.04 Å². The summed E-state index contributed by atoms with van der Waals surface area (Å²) in [4.78, 5) is 9.75. The van der Waals surface area contributed by atoms with Crippen LogP contribution in [0.1, 0.15) is 31.1 Å². The molecule has 0 saturated carbocycles. The average Bonchev–Trinajstić information content (AvgIpc) is 3.26. The molecule has 0 aliphatic carbocycles. The summed E-state index contributed by atoms with van der Waals surface area (Å²) in [5.41, 5.74) is 0. The molecule has 0 unspecified atom stereocenters. The Kier molecular flexibility index (Phi) is 3.47. The van der Waals surface area contributed by atoms with Crippen molar-refractivity contribution in [1.82, 2.24) is 30.2 Å². The summed E-state index contributed by atoms with van der Waals surface area (Å²) < 4.78 is 7.35. The number of aromatic nitrogens is 5. The van der Waals surface area contributed by atoms with Gasteiger partial charge in [0.05, 0.1) is 17.5 Å². The molecule has 4 rings (SSSR count). The molecule has 1 aliphatic heterocycles. The van der Waals surface area contributed by atoms with E-state index in [1.165, 1.54) is 0 Å². The molecule has 3 aromatic rings. The number of hydrogen-bond acceptors (Lipinski definition) is 7. The molecule has 0 spiro atoms. The number of aryl methyl sites for hydroxylation is 1. The zero-order valence-electron chi connectivity index (χ0n) is 12.1. The zero-order chi connectivity index (χ0) is 14.9. The van der Waals surface area contributed by atoms with Gasteiger partial charge in [-0.2, -0.15) is 10.1 Å². The van der Waals surface area contributed by atoms with Crippen LogP contribution in [0.3, 0.4) is 0 Å². The lowest BCUT2D eigenvalue weighted by Crippen LogP contribution is -2.39. The highest BCUT2D eigenvalue weighted by Gasteiger charge is 2.23. The highest BCUT2D eigenvalue weighted by Crippen LogP contribution is 2.23. The second-order valence-corrected chi connectivity index (χ2v) is 6.36. The highest BCUT2D eigenvalue weighted by molar-refractivity contribution is 7.13. The molecule has 0 radical (unpaired) electrons. The minimum atomic E-state index is 0.0104. The number of hydrogen-bond donors (Lipinski definition) is 1. The van der Waals surface area contributed by atoms with Gasteiger partial charge in [-0.1, -0.05) is 11.2 Å². The van der Waals surface area contributed by atoms with Gasteiger partial charge < -0.3 is 9.84 Å². The van der Waals surface area contributed by atoms with Crippen molar-refractivity contribution >= 4 is 11.3 Å². The lowest BCUT2D eigenvalue weighted by molar-refractivity contribution is 0.288. The van der Waals surface area contributed by atoms with Gasteiger partial charge in [-0.15, -0.1) is 11.3 Å². The third-order valence-corrected chi connectivity index (χ3v) is 4.71. The number of nitrogens with one attached hydrogen (secondary N) is 1. The summed E-state index contributed by atoms with van der Waals surface area (Å²) in [5, 5.41) is 13.8. The average molecular weight is 316 g/mol. The van der Waals surface area contributed by atoms with Crippen LogP contribution in [0.4, 0.5) is 0 Å². The van der Waals surface area contributed by atoms with E-state index in [1.54, 1.807) is 17.7 Å². The van der Waals surface area contributed by atoms with Crippen LogP contribution >= 0.6 is 11.3 Å². The summed E-state index contributed by atoms with van der Waals surface area (Å²) in [5.74, 6) is 2.33. The Morgan fingerprint density at radius 1 is 1.50 bits per heavy atom. The number of thiophene rings is 1. The monoisotopic (exact) mass is 316 g/mol. The molecular formula is C14H16N6OS. The van der Waals surface area contributed by atoms with Crippen molar-refractivity contribution in [3.8, 4) is 10.7 Å². The Bertz CT molecular complexity index is 749. The lowest BCUT2D eigenvalue weighted by Gasteiger charge is -2.25. The first-order valence-corrected chi connectivity index (χ1v) is 8.18. The summed E-state index contributed by atoms with van der Waals surface area (Å²) in [6.45, 7) is 2.87. The summed E-state index contributed by atoms with van der Waals surface area (Å²) in [7, 11) is 0. The Morgan fingerprint density at radius 3 is 3.32 bits per heavy atom. The minimum absolute atomic E-state index is 0.0104. The molecule has 114 valence electrons. The first-order chi connectivity index (χ1) is 10.8. The predicted octanol–water partition coefficient (Wildman–Crippen LogP) is 2.06. The van der Waals surface area contributed by atoms with Crippen LogP contribution in [0.2, 0.25) is 0 Å². The van der Waals surface area contributed by atoms with Gasteiger partial charge in [0, 0.05) is 12.5 Å². The molecule has 0 bridgehead atoms. The summed E-state index contributed by atoms with van der Waals surface area (Å²) in [6.07, 6.45) is 3.59. The number of nitrogens with zero attached hydrogens (tertiary/aromatic N) is 5. The van der Waals surface area contributed by atoms with Crippen LogP contribution in [0, 0.1) is 0 Å². The first kappa shape index (κ1) is 13.6. The van der Waals surface area contributed by atoms with Gasteiger partial charge in [0.25, 0.3) is 0 Å². The quantitative estimate of drug-likeness (QED) is 0.793. The fraction of sp³-hybridized carbons (Fsp3) is 0.429. The van der Waals surface area contributed by atoms with E-state index in [0.717, 1.165) is 30.1 Å². The smallest absolute Gasteiger partial charge is 0.243 e. The molecule has 4 heterocycles. The molecule has 0 fully saturated rings. The van der Waals surface area contributed by atoms with Crippen molar-refractivity contribution in [2.24, 2.45) is 0 Å². The molecule has 22 heavy (non-hydrogen) atoms. The Labute approximate surface area is 131 Å². The maximum atomic E-state index is 5.39. The third kappa shape index (κ3) is 2.55. The molecule has 0 amide bonds. The molecule has 2 atom stereocenters. The summed E-state index contributed by atoms with van der Waals surface area (Å²) >= 11 is 1.61. The van der Waals surface area contributed by atoms with Crippen molar-refractivity contribution in [3.05, 3.63) is 35.6 Å². The molecular weight excluding hydrogens is 300 g/mol. The van der Waals surface area contributed by atoms with Crippen molar-refractivity contribution in [1.29, 1.82) is 0 Å². The second kappa shape index (κ2) is 5.62. The fourth-order valence-electron chi connectivity index (χ4n) is 2.72. The first-order valence-electron chi connectivity index (χ1n) is 7.30. The van der Waals surface area contributed by atoms with Crippen LogP contribution in [-0.4, -0.2) is 30.9 Å². The van der Waals surface area contributed by atoms with Gasteiger partial charge in [-0.3, -0.25) is 0 Å². The van der Waals surface area contributed by atoms with Crippen molar-refractivity contribution < 1.29 is 4.52 Å². The Morgan fingerprint density at radius 2 is 2.45 bits per heavy atom. The maximum absolute atomic E-state index is 5.39. The van der Waals surface area contributed by atoms with Crippen LogP contribution in [0.5, 0.6) is 0 Å². The van der Waals surface area contributed by atoms with E-state index >= 15 is 0 Å². The van der Waals surface area contributed by atoms with E-state index in [0.29, 0.717) is 17.8 Å². The topological polar surface area (TPSA) is 81.7 Å². The fourth-order valence-corrected chi connectivity index (χ4v) is 3.36.